The van der Waals surface area contributed by atoms with E-state index in [4.69, 9.17) is 0 Å². The van der Waals surface area contributed by atoms with Gasteiger partial charge < -0.3 is 5.32 Å². The van der Waals surface area contributed by atoms with Crippen molar-refractivity contribution in [3.63, 3.8) is 0 Å². The molecule has 0 radical (unpaired) electrons. The van der Waals surface area contributed by atoms with Crippen LogP contribution in [-0.2, 0) is 0 Å². The second-order valence-electron chi connectivity index (χ2n) is 4.77. The fourth-order valence-electron chi connectivity index (χ4n) is 2.26. The Kier molecular flexibility index (Phi) is 4.66. The third kappa shape index (κ3) is 4.16. The minimum atomic E-state index is -0.736. The molecular formula is C15H17F2NO. The van der Waals surface area contributed by atoms with Gasteiger partial charge in [-0.2, -0.15) is 0 Å². The highest BCUT2D eigenvalue weighted by atomic mass is 19.1. The summed E-state index contributed by atoms with van der Waals surface area (Å²) < 4.78 is 25.9. The van der Waals surface area contributed by atoms with Crippen LogP contribution < -0.4 is 5.32 Å². The lowest BCUT2D eigenvalue weighted by Gasteiger charge is -2.13. The average molecular weight is 265 g/mol. The number of hydrogen-bond donors (Lipinski definition) is 1. The molecule has 0 unspecified atom stereocenters. The van der Waals surface area contributed by atoms with Gasteiger partial charge in [-0.25, -0.2) is 8.78 Å². The maximum absolute atomic E-state index is 13.0. The minimum absolute atomic E-state index is 0.0233. The molecule has 1 amide bonds. The number of nitrogens with one attached hydrogen (secondary N) is 1. The first kappa shape index (κ1) is 13.7. The van der Waals surface area contributed by atoms with E-state index in [-0.39, 0.29) is 5.56 Å². The van der Waals surface area contributed by atoms with Crippen LogP contribution in [0.5, 0.6) is 0 Å². The molecule has 102 valence electrons. The van der Waals surface area contributed by atoms with Crippen molar-refractivity contribution < 1.29 is 13.6 Å². The van der Waals surface area contributed by atoms with E-state index in [2.05, 4.69) is 11.4 Å². The molecule has 0 spiro atoms. The normalized spacial score (nSPS) is 14.9. The highest BCUT2D eigenvalue weighted by Gasteiger charge is 2.09. The highest BCUT2D eigenvalue weighted by molar-refractivity contribution is 5.94. The molecule has 19 heavy (non-hydrogen) atoms. The Bertz CT molecular complexity index is 477. The van der Waals surface area contributed by atoms with Crippen molar-refractivity contribution in [1.82, 2.24) is 5.32 Å². The number of halogens is 2. The number of allylic oxidation sites excluding steroid dienone is 1. The Labute approximate surface area is 111 Å². The van der Waals surface area contributed by atoms with Gasteiger partial charge in [-0.3, -0.25) is 4.79 Å². The fraction of sp³-hybridized carbons (Fsp3) is 0.400. The van der Waals surface area contributed by atoms with Crippen LogP contribution in [0.1, 0.15) is 42.5 Å². The summed E-state index contributed by atoms with van der Waals surface area (Å²) in [5.41, 5.74) is 1.38. The molecule has 0 fully saturated rings. The average Bonchev–Trinajstić information content (AvgIpc) is 2.38. The molecule has 0 bridgehead atoms. The monoisotopic (exact) mass is 265 g/mol. The number of benzene rings is 1. The first-order chi connectivity index (χ1) is 9.15. The zero-order chi connectivity index (χ0) is 13.7. The summed E-state index contributed by atoms with van der Waals surface area (Å²) in [4.78, 5) is 11.7. The Morgan fingerprint density at radius 1 is 1.16 bits per heavy atom. The molecule has 2 rings (SSSR count). The third-order valence-electron chi connectivity index (χ3n) is 3.24. The van der Waals surface area contributed by atoms with Gasteiger partial charge in [0.2, 0.25) is 0 Å². The molecule has 1 aliphatic rings. The summed E-state index contributed by atoms with van der Waals surface area (Å²) in [6.07, 6.45) is 7.66. The Morgan fingerprint density at radius 3 is 2.53 bits per heavy atom. The van der Waals surface area contributed by atoms with Crippen LogP contribution >= 0.6 is 0 Å². The van der Waals surface area contributed by atoms with Gasteiger partial charge >= 0.3 is 0 Å². The van der Waals surface area contributed by atoms with E-state index in [1.807, 2.05) is 0 Å². The van der Waals surface area contributed by atoms with Crippen molar-refractivity contribution in [2.75, 3.05) is 6.54 Å². The van der Waals surface area contributed by atoms with Gasteiger partial charge in [-0.1, -0.05) is 11.6 Å². The molecule has 1 aromatic carbocycles. The molecule has 4 heteroatoms. The lowest BCUT2D eigenvalue weighted by molar-refractivity contribution is 0.0953. The van der Waals surface area contributed by atoms with Crippen molar-refractivity contribution >= 4 is 5.91 Å². The Morgan fingerprint density at radius 2 is 1.89 bits per heavy atom. The zero-order valence-electron chi connectivity index (χ0n) is 10.7. The summed E-state index contributed by atoms with van der Waals surface area (Å²) in [7, 11) is 0. The predicted molar refractivity (Wildman–Crippen MR) is 69.9 cm³/mol. The van der Waals surface area contributed by atoms with E-state index in [0.29, 0.717) is 6.54 Å². The van der Waals surface area contributed by atoms with Crippen LogP contribution in [0.15, 0.2) is 29.8 Å². The molecule has 0 aromatic heterocycles. The quantitative estimate of drug-likeness (QED) is 0.828. The topological polar surface area (TPSA) is 29.1 Å². The van der Waals surface area contributed by atoms with Crippen LogP contribution in [0, 0.1) is 11.6 Å². The second-order valence-corrected chi connectivity index (χ2v) is 4.77. The van der Waals surface area contributed by atoms with Crippen molar-refractivity contribution in [3.05, 3.63) is 47.0 Å². The summed E-state index contributed by atoms with van der Waals surface area (Å²) >= 11 is 0. The maximum atomic E-state index is 13.0. The van der Waals surface area contributed by atoms with Crippen molar-refractivity contribution in [2.24, 2.45) is 0 Å². The van der Waals surface area contributed by atoms with E-state index < -0.39 is 17.5 Å². The Balaban J connectivity index is 1.85. The molecule has 1 aromatic rings. The lowest BCUT2D eigenvalue weighted by Crippen LogP contribution is -2.25. The van der Waals surface area contributed by atoms with Gasteiger partial charge in [-0.15, -0.1) is 0 Å². The van der Waals surface area contributed by atoms with Gasteiger partial charge in [0.25, 0.3) is 5.91 Å². The molecule has 1 N–H and O–H groups in total. The van der Waals surface area contributed by atoms with Crippen LogP contribution in [0.3, 0.4) is 0 Å². The smallest absolute Gasteiger partial charge is 0.251 e. The number of hydrogen-bond acceptors (Lipinski definition) is 1. The van der Waals surface area contributed by atoms with Gasteiger partial charge in [-0.05, 0) is 44.2 Å². The van der Waals surface area contributed by atoms with E-state index in [1.54, 1.807) is 0 Å². The highest BCUT2D eigenvalue weighted by Crippen LogP contribution is 2.19. The molecule has 0 heterocycles. The predicted octanol–water partition coefficient (Wildman–Crippen LogP) is 3.59. The third-order valence-corrected chi connectivity index (χ3v) is 3.24. The maximum Gasteiger partial charge on any atom is 0.251 e. The molecule has 2 nitrogen and oxygen atoms in total. The first-order valence-corrected chi connectivity index (χ1v) is 6.57. The zero-order valence-corrected chi connectivity index (χ0v) is 10.7. The summed E-state index contributed by atoms with van der Waals surface area (Å²) in [6, 6.07) is 2.83. The summed E-state index contributed by atoms with van der Waals surface area (Å²) in [5.74, 6) is -1.91. The number of rotatable bonds is 4. The van der Waals surface area contributed by atoms with Crippen LogP contribution in [-0.4, -0.2) is 12.5 Å². The number of amides is 1. The van der Waals surface area contributed by atoms with Crippen molar-refractivity contribution in [3.8, 4) is 0 Å². The van der Waals surface area contributed by atoms with Gasteiger partial charge in [0.05, 0.1) is 0 Å². The van der Waals surface area contributed by atoms with Crippen LogP contribution in [0.4, 0.5) is 8.78 Å². The minimum Gasteiger partial charge on any atom is -0.352 e. The largest absolute Gasteiger partial charge is 0.352 e. The number of carbonyl (C=O) groups excluding carboxylic acids is 1. The molecule has 0 saturated heterocycles. The van der Waals surface area contributed by atoms with Crippen LogP contribution in [0.2, 0.25) is 0 Å². The SMILES string of the molecule is O=C(NCCC1=CCCCC1)c1cc(F)cc(F)c1. The van der Waals surface area contributed by atoms with Crippen molar-refractivity contribution in [2.45, 2.75) is 32.1 Å². The van der Waals surface area contributed by atoms with Gasteiger partial charge in [0.15, 0.2) is 0 Å². The summed E-state index contributed by atoms with van der Waals surface area (Å²) in [5, 5.41) is 2.69. The van der Waals surface area contributed by atoms with Crippen molar-refractivity contribution in [1.29, 1.82) is 0 Å². The van der Waals surface area contributed by atoms with E-state index >= 15 is 0 Å². The molecule has 0 saturated carbocycles. The first-order valence-electron chi connectivity index (χ1n) is 6.57. The molecule has 0 aliphatic heterocycles. The van der Waals surface area contributed by atoms with Gasteiger partial charge in [0, 0.05) is 18.2 Å². The van der Waals surface area contributed by atoms with Gasteiger partial charge in [0.1, 0.15) is 11.6 Å². The Hall–Kier alpha value is -1.71. The summed E-state index contributed by atoms with van der Waals surface area (Å²) in [6.45, 7) is 0.503. The second kappa shape index (κ2) is 6.45. The molecular weight excluding hydrogens is 248 g/mol. The number of carbonyl (C=O) groups is 1. The molecule has 1 aliphatic carbocycles. The van der Waals surface area contributed by atoms with E-state index in [9.17, 15) is 13.6 Å². The van der Waals surface area contributed by atoms with Crippen LogP contribution in [0.25, 0.3) is 0 Å². The van der Waals surface area contributed by atoms with E-state index in [0.717, 1.165) is 37.5 Å². The lowest BCUT2D eigenvalue weighted by atomic mass is 9.97. The fourth-order valence-corrected chi connectivity index (χ4v) is 2.26. The van der Waals surface area contributed by atoms with E-state index in [1.165, 1.54) is 18.4 Å². The standard InChI is InChI=1S/C15H17F2NO/c16-13-8-12(9-14(17)10-13)15(19)18-7-6-11-4-2-1-3-5-11/h4,8-10H,1-3,5-7H2,(H,18,19). The molecule has 0 atom stereocenters.